The van der Waals surface area contributed by atoms with E-state index in [2.05, 4.69) is 27.5 Å². The van der Waals surface area contributed by atoms with Gasteiger partial charge in [-0.25, -0.2) is 4.79 Å². The van der Waals surface area contributed by atoms with Gasteiger partial charge in [0.05, 0.1) is 6.04 Å². The number of carbonyl (C=O) groups excluding carboxylic acids is 3. The topological polar surface area (TPSA) is 85.0 Å². The van der Waals surface area contributed by atoms with Crippen LogP contribution in [0.3, 0.4) is 0 Å². The minimum absolute atomic E-state index is 0.112. The molecule has 2 heterocycles. The Bertz CT molecular complexity index is 801. The van der Waals surface area contributed by atoms with Crippen LogP contribution in [-0.2, 0) is 9.59 Å². The maximum absolute atomic E-state index is 12.8. The van der Waals surface area contributed by atoms with E-state index in [-0.39, 0.29) is 36.9 Å². The number of hydrogen-bond donors (Lipinski definition) is 2. The number of urea groups is 1. The summed E-state index contributed by atoms with van der Waals surface area (Å²) < 4.78 is 0. The molecule has 1 aromatic carbocycles. The molecule has 4 amide bonds. The minimum Gasteiger partial charge on any atom is -0.348 e. The Labute approximate surface area is 183 Å². The highest BCUT2D eigenvalue weighted by molar-refractivity contribution is 6.07. The minimum atomic E-state index is -0.721. The Hall–Kier alpha value is -2.45. The summed E-state index contributed by atoms with van der Waals surface area (Å²) in [4.78, 5) is 43.8. The first-order valence-corrected chi connectivity index (χ1v) is 11.4. The number of nitrogens with zero attached hydrogens (tertiary/aromatic N) is 3. The molecule has 31 heavy (non-hydrogen) atoms. The molecule has 1 aliphatic carbocycles. The van der Waals surface area contributed by atoms with Gasteiger partial charge in [-0.3, -0.25) is 19.4 Å². The average molecular weight is 428 g/mol. The maximum atomic E-state index is 12.8. The smallest absolute Gasteiger partial charge is 0.325 e. The van der Waals surface area contributed by atoms with E-state index in [1.165, 1.54) is 4.90 Å². The molecule has 1 atom stereocenters. The number of nitrogens with one attached hydrogen (secondary N) is 2. The number of carbonyl (C=O) groups is 3. The van der Waals surface area contributed by atoms with Crippen LogP contribution in [0.1, 0.15) is 43.7 Å². The lowest BCUT2D eigenvalue weighted by atomic mass is 9.98. The van der Waals surface area contributed by atoms with Gasteiger partial charge in [-0.05, 0) is 25.5 Å². The molecule has 0 radical (unpaired) electrons. The van der Waals surface area contributed by atoms with E-state index in [0.29, 0.717) is 12.8 Å². The quantitative estimate of drug-likeness (QED) is 0.642. The molecular formula is C23H33N5O3. The molecule has 1 aromatic rings. The number of amides is 4. The molecule has 168 valence electrons. The molecule has 1 unspecified atom stereocenters. The van der Waals surface area contributed by atoms with Gasteiger partial charge >= 0.3 is 6.03 Å². The van der Waals surface area contributed by atoms with E-state index in [9.17, 15) is 14.4 Å². The highest BCUT2D eigenvalue weighted by Gasteiger charge is 2.52. The number of likely N-dealkylation sites (N-methyl/N-ethyl adjacent to an activating group) is 1. The van der Waals surface area contributed by atoms with E-state index in [4.69, 9.17) is 0 Å². The van der Waals surface area contributed by atoms with E-state index in [1.807, 2.05) is 30.3 Å². The standard InChI is InChI=1S/C23H33N5O3/c1-26-13-15-27(16-14-26)17-19(18-7-3-2-4-8-18)24-20(29)9-12-28-21(30)23(25-22(28)31)10-5-6-11-23/h2-4,7-8,19H,5-6,9-17H2,1H3,(H,24,29)(H,25,31). The van der Waals surface area contributed by atoms with Gasteiger partial charge in [-0.1, -0.05) is 43.2 Å². The third kappa shape index (κ3) is 4.91. The molecule has 2 aliphatic heterocycles. The van der Waals surface area contributed by atoms with Crippen molar-refractivity contribution in [1.82, 2.24) is 25.3 Å². The molecule has 8 heteroatoms. The summed E-state index contributed by atoms with van der Waals surface area (Å²) in [6.45, 7) is 4.84. The van der Waals surface area contributed by atoms with Crippen molar-refractivity contribution in [3.8, 4) is 0 Å². The van der Waals surface area contributed by atoms with E-state index >= 15 is 0 Å². The Kier molecular flexibility index (Phi) is 6.57. The second-order valence-corrected chi connectivity index (χ2v) is 9.06. The second kappa shape index (κ2) is 9.36. The van der Waals surface area contributed by atoms with E-state index in [1.54, 1.807) is 0 Å². The summed E-state index contributed by atoms with van der Waals surface area (Å²) in [6, 6.07) is 9.50. The summed E-state index contributed by atoms with van der Waals surface area (Å²) in [5, 5.41) is 6.01. The molecule has 2 N–H and O–H groups in total. The van der Waals surface area contributed by atoms with Crippen molar-refractivity contribution < 1.29 is 14.4 Å². The molecule has 3 fully saturated rings. The van der Waals surface area contributed by atoms with Crippen LogP contribution in [0.2, 0.25) is 0 Å². The van der Waals surface area contributed by atoms with Crippen LogP contribution in [0.5, 0.6) is 0 Å². The van der Waals surface area contributed by atoms with Gasteiger partial charge < -0.3 is 15.5 Å². The Balaban J connectivity index is 1.35. The SMILES string of the molecule is CN1CCN(CC(NC(=O)CCN2C(=O)NC3(CCCC3)C2=O)c2ccccc2)CC1. The van der Waals surface area contributed by atoms with Crippen molar-refractivity contribution in [2.75, 3.05) is 46.3 Å². The van der Waals surface area contributed by atoms with Gasteiger partial charge in [0.2, 0.25) is 5.91 Å². The number of benzene rings is 1. The van der Waals surface area contributed by atoms with Crippen LogP contribution in [-0.4, -0.2) is 84.4 Å². The van der Waals surface area contributed by atoms with Gasteiger partial charge in [-0.2, -0.15) is 0 Å². The van der Waals surface area contributed by atoms with Crippen molar-refractivity contribution in [3.05, 3.63) is 35.9 Å². The van der Waals surface area contributed by atoms with E-state index in [0.717, 1.165) is 51.1 Å². The van der Waals surface area contributed by atoms with Gasteiger partial charge in [0.25, 0.3) is 5.91 Å². The molecular weight excluding hydrogens is 394 g/mol. The Morgan fingerprint density at radius 2 is 1.77 bits per heavy atom. The number of piperazine rings is 1. The summed E-state index contributed by atoms with van der Waals surface area (Å²) in [6.07, 6.45) is 3.40. The number of rotatable bonds is 7. The zero-order chi connectivity index (χ0) is 21.8. The number of hydrogen-bond acceptors (Lipinski definition) is 5. The second-order valence-electron chi connectivity index (χ2n) is 9.06. The lowest BCUT2D eigenvalue weighted by Crippen LogP contribution is -2.48. The van der Waals surface area contributed by atoms with Crippen molar-refractivity contribution in [2.45, 2.75) is 43.7 Å². The normalized spacial score (nSPS) is 22.7. The third-order valence-corrected chi connectivity index (χ3v) is 6.84. The fourth-order valence-corrected chi connectivity index (χ4v) is 4.88. The van der Waals surface area contributed by atoms with Crippen LogP contribution in [0.15, 0.2) is 30.3 Å². The summed E-state index contributed by atoms with van der Waals surface area (Å²) in [7, 11) is 2.12. The molecule has 2 saturated heterocycles. The summed E-state index contributed by atoms with van der Waals surface area (Å²) in [5.74, 6) is -0.309. The molecule has 1 saturated carbocycles. The summed E-state index contributed by atoms with van der Waals surface area (Å²) in [5.41, 5.74) is 0.344. The fourth-order valence-electron chi connectivity index (χ4n) is 4.88. The average Bonchev–Trinajstić information content (AvgIpc) is 3.33. The lowest BCUT2D eigenvalue weighted by molar-refractivity contribution is -0.131. The lowest BCUT2D eigenvalue weighted by Gasteiger charge is -2.35. The van der Waals surface area contributed by atoms with Crippen LogP contribution < -0.4 is 10.6 Å². The maximum Gasteiger partial charge on any atom is 0.325 e. The fraction of sp³-hybridized carbons (Fsp3) is 0.609. The summed E-state index contributed by atoms with van der Waals surface area (Å²) >= 11 is 0. The Morgan fingerprint density at radius 1 is 1.10 bits per heavy atom. The predicted octanol–water partition coefficient (Wildman–Crippen LogP) is 1.35. The van der Waals surface area contributed by atoms with Gasteiger partial charge in [-0.15, -0.1) is 0 Å². The Morgan fingerprint density at radius 3 is 2.45 bits per heavy atom. The number of imide groups is 1. The highest BCUT2D eigenvalue weighted by Crippen LogP contribution is 2.35. The monoisotopic (exact) mass is 427 g/mol. The highest BCUT2D eigenvalue weighted by atomic mass is 16.2. The first kappa shape index (κ1) is 21.8. The molecule has 0 aromatic heterocycles. The zero-order valence-corrected chi connectivity index (χ0v) is 18.3. The van der Waals surface area contributed by atoms with Crippen molar-refractivity contribution in [2.24, 2.45) is 0 Å². The molecule has 3 aliphatic rings. The van der Waals surface area contributed by atoms with Gasteiger partial charge in [0, 0.05) is 45.7 Å². The van der Waals surface area contributed by atoms with Gasteiger partial charge in [0.15, 0.2) is 0 Å². The third-order valence-electron chi connectivity index (χ3n) is 6.84. The van der Waals surface area contributed by atoms with Gasteiger partial charge in [0.1, 0.15) is 5.54 Å². The van der Waals surface area contributed by atoms with Crippen molar-refractivity contribution >= 4 is 17.8 Å². The van der Waals surface area contributed by atoms with Crippen LogP contribution in [0.25, 0.3) is 0 Å². The van der Waals surface area contributed by atoms with E-state index < -0.39 is 5.54 Å². The molecule has 0 bridgehead atoms. The largest absolute Gasteiger partial charge is 0.348 e. The molecule has 8 nitrogen and oxygen atoms in total. The molecule has 1 spiro atoms. The van der Waals surface area contributed by atoms with Crippen LogP contribution in [0, 0.1) is 0 Å². The van der Waals surface area contributed by atoms with Crippen molar-refractivity contribution in [1.29, 1.82) is 0 Å². The first-order chi connectivity index (χ1) is 15.0. The predicted molar refractivity (Wildman–Crippen MR) is 117 cm³/mol. The molecule has 4 rings (SSSR count). The van der Waals surface area contributed by atoms with Crippen LogP contribution in [0.4, 0.5) is 4.79 Å². The zero-order valence-electron chi connectivity index (χ0n) is 18.3. The van der Waals surface area contributed by atoms with Crippen molar-refractivity contribution in [3.63, 3.8) is 0 Å². The first-order valence-electron chi connectivity index (χ1n) is 11.4. The van der Waals surface area contributed by atoms with Crippen LogP contribution >= 0.6 is 0 Å².